The first kappa shape index (κ1) is 15.8. The first-order valence-corrected chi connectivity index (χ1v) is 6.01. The van der Waals surface area contributed by atoms with E-state index in [2.05, 4.69) is 5.32 Å². The van der Waals surface area contributed by atoms with Crippen molar-refractivity contribution in [1.82, 2.24) is 5.32 Å². The van der Waals surface area contributed by atoms with Crippen molar-refractivity contribution in [2.75, 3.05) is 26.8 Å². The summed E-state index contributed by atoms with van der Waals surface area (Å²) in [6.45, 7) is 3.69. The van der Waals surface area contributed by atoms with E-state index in [0.29, 0.717) is 18.9 Å². The minimum absolute atomic E-state index is 0.235. The Kier molecular flexibility index (Phi) is 6.11. The van der Waals surface area contributed by atoms with E-state index in [1.54, 1.807) is 7.11 Å². The second kappa shape index (κ2) is 7.35. The minimum atomic E-state index is -4.33. The van der Waals surface area contributed by atoms with Gasteiger partial charge in [-0.25, -0.2) is 0 Å². The van der Waals surface area contributed by atoms with Gasteiger partial charge in [-0.3, -0.25) is 0 Å². The molecule has 0 aliphatic carbocycles. The summed E-state index contributed by atoms with van der Waals surface area (Å²) in [5.41, 5.74) is -0.685. The van der Waals surface area contributed by atoms with Crippen LogP contribution in [0.2, 0.25) is 0 Å². The second-order valence-electron chi connectivity index (χ2n) is 4.03. The summed E-state index contributed by atoms with van der Waals surface area (Å²) in [5.74, 6) is 0.396. The SMILES string of the molecule is CCNCC(COC)Oc1ccc(C(F)(F)F)cc1. The largest absolute Gasteiger partial charge is 0.487 e. The second-order valence-corrected chi connectivity index (χ2v) is 4.03. The van der Waals surface area contributed by atoms with Gasteiger partial charge in [0.2, 0.25) is 0 Å². The summed E-state index contributed by atoms with van der Waals surface area (Å²) < 4.78 is 47.8. The number of likely N-dealkylation sites (N-methyl/N-ethyl adjacent to an activating group) is 1. The number of nitrogens with one attached hydrogen (secondary N) is 1. The molecule has 1 rings (SSSR count). The molecule has 0 heterocycles. The number of hydrogen-bond donors (Lipinski definition) is 1. The molecule has 1 N–H and O–H groups in total. The van der Waals surface area contributed by atoms with E-state index in [9.17, 15) is 13.2 Å². The number of methoxy groups -OCH3 is 1. The van der Waals surface area contributed by atoms with Crippen LogP contribution in [0.4, 0.5) is 13.2 Å². The standard InChI is InChI=1S/C13H18F3NO2/c1-3-17-8-12(9-18-2)19-11-6-4-10(5-7-11)13(14,15)16/h4-7,12,17H,3,8-9H2,1-2H3. The molecule has 108 valence electrons. The van der Waals surface area contributed by atoms with Gasteiger partial charge < -0.3 is 14.8 Å². The van der Waals surface area contributed by atoms with Crippen LogP contribution < -0.4 is 10.1 Å². The molecule has 0 radical (unpaired) electrons. The summed E-state index contributed by atoms with van der Waals surface area (Å²) >= 11 is 0. The lowest BCUT2D eigenvalue weighted by atomic mass is 10.2. The zero-order valence-corrected chi connectivity index (χ0v) is 11.0. The van der Waals surface area contributed by atoms with Gasteiger partial charge in [0.05, 0.1) is 12.2 Å². The van der Waals surface area contributed by atoms with Crippen LogP contribution in [0, 0.1) is 0 Å². The number of rotatable bonds is 7. The quantitative estimate of drug-likeness (QED) is 0.831. The van der Waals surface area contributed by atoms with E-state index < -0.39 is 11.7 Å². The third-order valence-corrected chi connectivity index (χ3v) is 2.46. The Morgan fingerprint density at radius 3 is 2.32 bits per heavy atom. The lowest BCUT2D eigenvalue weighted by Crippen LogP contribution is -2.34. The molecule has 6 heteroatoms. The third kappa shape index (κ3) is 5.48. The molecule has 0 aliphatic rings. The van der Waals surface area contributed by atoms with Gasteiger partial charge in [0.1, 0.15) is 11.9 Å². The molecule has 0 aliphatic heterocycles. The van der Waals surface area contributed by atoms with Crippen LogP contribution in [0.1, 0.15) is 12.5 Å². The van der Waals surface area contributed by atoms with Crippen LogP contribution in [-0.2, 0) is 10.9 Å². The highest BCUT2D eigenvalue weighted by Crippen LogP contribution is 2.30. The van der Waals surface area contributed by atoms with E-state index in [-0.39, 0.29) is 6.10 Å². The monoisotopic (exact) mass is 277 g/mol. The van der Waals surface area contributed by atoms with Gasteiger partial charge in [-0.15, -0.1) is 0 Å². The Morgan fingerprint density at radius 1 is 1.21 bits per heavy atom. The fourth-order valence-corrected chi connectivity index (χ4v) is 1.54. The lowest BCUT2D eigenvalue weighted by molar-refractivity contribution is -0.137. The Balaban J connectivity index is 2.64. The summed E-state index contributed by atoms with van der Waals surface area (Å²) in [6, 6.07) is 4.65. The highest BCUT2D eigenvalue weighted by atomic mass is 19.4. The Morgan fingerprint density at radius 2 is 1.84 bits per heavy atom. The number of hydrogen-bond acceptors (Lipinski definition) is 3. The molecular weight excluding hydrogens is 259 g/mol. The van der Waals surface area contributed by atoms with Gasteiger partial charge in [0.25, 0.3) is 0 Å². The van der Waals surface area contributed by atoms with Crippen molar-refractivity contribution >= 4 is 0 Å². The average molecular weight is 277 g/mol. The lowest BCUT2D eigenvalue weighted by Gasteiger charge is -2.19. The molecule has 1 atom stereocenters. The van der Waals surface area contributed by atoms with E-state index in [1.165, 1.54) is 12.1 Å². The maximum absolute atomic E-state index is 12.4. The van der Waals surface area contributed by atoms with E-state index in [4.69, 9.17) is 9.47 Å². The Bertz CT molecular complexity index is 365. The topological polar surface area (TPSA) is 30.5 Å². The minimum Gasteiger partial charge on any atom is -0.487 e. The first-order chi connectivity index (χ1) is 8.97. The molecule has 0 spiro atoms. The highest BCUT2D eigenvalue weighted by Gasteiger charge is 2.30. The number of alkyl halides is 3. The molecule has 0 bridgehead atoms. The molecular formula is C13H18F3NO2. The smallest absolute Gasteiger partial charge is 0.416 e. The fraction of sp³-hybridized carbons (Fsp3) is 0.538. The third-order valence-electron chi connectivity index (χ3n) is 2.46. The highest BCUT2D eigenvalue weighted by molar-refractivity contribution is 5.29. The molecule has 0 saturated heterocycles. The molecule has 3 nitrogen and oxygen atoms in total. The molecule has 1 aromatic carbocycles. The Labute approximate surface area is 110 Å². The van der Waals surface area contributed by atoms with Crippen molar-refractivity contribution in [3.8, 4) is 5.75 Å². The zero-order valence-electron chi connectivity index (χ0n) is 11.0. The molecule has 19 heavy (non-hydrogen) atoms. The molecule has 1 unspecified atom stereocenters. The van der Waals surface area contributed by atoms with Crippen molar-refractivity contribution in [3.63, 3.8) is 0 Å². The summed E-state index contributed by atoms with van der Waals surface area (Å²) in [6.07, 6.45) is -4.56. The van der Waals surface area contributed by atoms with E-state index in [1.807, 2.05) is 6.92 Å². The normalized spacial score (nSPS) is 13.3. The summed E-state index contributed by atoms with van der Waals surface area (Å²) in [5, 5.41) is 3.10. The van der Waals surface area contributed by atoms with E-state index >= 15 is 0 Å². The fourth-order valence-electron chi connectivity index (χ4n) is 1.54. The van der Waals surface area contributed by atoms with Crippen LogP contribution in [-0.4, -0.2) is 32.9 Å². The summed E-state index contributed by atoms with van der Waals surface area (Å²) in [7, 11) is 1.55. The van der Waals surface area contributed by atoms with Gasteiger partial charge in [-0.05, 0) is 30.8 Å². The maximum Gasteiger partial charge on any atom is 0.416 e. The van der Waals surface area contributed by atoms with Gasteiger partial charge in [-0.1, -0.05) is 6.92 Å². The van der Waals surface area contributed by atoms with Crippen LogP contribution in [0.5, 0.6) is 5.75 Å². The summed E-state index contributed by atoms with van der Waals surface area (Å²) in [4.78, 5) is 0. The predicted molar refractivity (Wildman–Crippen MR) is 66.3 cm³/mol. The molecule has 0 aromatic heterocycles. The molecule has 1 aromatic rings. The van der Waals surface area contributed by atoms with Crippen LogP contribution >= 0.6 is 0 Å². The van der Waals surface area contributed by atoms with Crippen LogP contribution in [0.3, 0.4) is 0 Å². The van der Waals surface area contributed by atoms with Gasteiger partial charge >= 0.3 is 6.18 Å². The average Bonchev–Trinajstić information content (AvgIpc) is 2.36. The van der Waals surface area contributed by atoms with Crippen molar-refractivity contribution < 1.29 is 22.6 Å². The zero-order chi connectivity index (χ0) is 14.3. The van der Waals surface area contributed by atoms with Crippen molar-refractivity contribution in [3.05, 3.63) is 29.8 Å². The number of halogens is 3. The van der Waals surface area contributed by atoms with Crippen molar-refractivity contribution in [2.24, 2.45) is 0 Å². The number of ether oxygens (including phenoxy) is 2. The van der Waals surface area contributed by atoms with Crippen molar-refractivity contribution in [1.29, 1.82) is 0 Å². The Hall–Kier alpha value is -1.27. The molecule has 0 fully saturated rings. The number of benzene rings is 1. The first-order valence-electron chi connectivity index (χ1n) is 6.01. The van der Waals surface area contributed by atoms with Crippen molar-refractivity contribution in [2.45, 2.75) is 19.2 Å². The van der Waals surface area contributed by atoms with Gasteiger partial charge in [0.15, 0.2) is 0 Å². The molecule has 0 saturated carbocycles. The molecule has 0 amide bonds. The predicted octanol–water partition coefficient (Wildman–Crippen LogP) is 2.71. The maximum atomic E-state index is 12.4. The van der Waals surface area contributed by atoms with Gasteiger partial charge in [-0.2, -0.15) is 13.2 Å². The van der Waals surface area contributed by atoms with E-state index in [0.717, 1.165) is 18.7 Å². The van der Waals surface area contributed by atoms with Crippen LogP contribution in [0.15, 0.2) is 24.3 Å². The van der Waals surface area contributed by atoms with Crippen LogP contribution in [0.25, 0.3) is 0 Å². The van der Waals surface area contributed by atoms with Gasteiger partial charge in [0, 0.05) is 13.7 Å².